The van der Waals surface area contributed by atoms with Crippen LogP contribution in [0.4, 0.5) is 0 Å². The quantitative estimate of drug-likeness (QED) is 0.133. The largest absolute Gasteiger partial charge is 0.507 e. The number of aryl methyl sites for hydroxylation is 2. The zero-order chi connectivity index (χ0) is 37.1. The van der Waals surface area contributed by atoms with Crippen LogP contribution in [0.1, 0.15) is 142 Å². The Morgan fingerprint density at radius 1 is 0.521 bits per heavy atom. The molecule has 0 saturated carbocycles. The van der Waals surface area contributed by atoms with Crippen molar-refractivity contribution in [2.24, 2.45) is 0 Å². The van der Waals surface area contributed by atoms with Gasteiger partial charge in [-0.2, -0.15) is 0 Å². The van der Waals surface area contributed by atoms with Gasteiger partial charge in [-0.3, -0.25) is 9.59 Å². The number of carbonyl (C=O) groups is 2. The standard InChI is InChI=1S/C38H58O6.C2H6O2/c1-35(2,3)27-21-25(22-28(33(27)41)36(4,5)6)15-17-31(39)43-19-13-14-20-44-32(40)18-16-26-23-29(37(7,8)9)34(42)30(24-26)38(10,11)12;3-1-2-4/h21-24,41-42H,13-20H2,1-12H3;3-4H,1-2H2. The van der Waals surface area contributed by atoms with Crippen LogP contribution >= 0.6 is 0 Å². The van der Waals surface area contributed by atoms with Gasteiger partial charge in [-0.05, 0) is 80.7 Å². The molecule has 0 spiro atoms. The lowest BCUT2D eigenvalue weighted by Gasteiger charge is -2.28. The molecule has 0 aliphatic rings. The molecule has 0 heterocycles. The third kappa shape index (κ3) is 14.2. The van der Waals surface area contributed by atoms with E-state index >= 15 is 0 Å². The van der Waals surface area contributed by atoms with Crippen LogP contribution in [0.15, 0.2) is 24.3 Å². The number of aliphatic hydroxyl groups excluding tert-OH is 2. The Labute approximate surface area is 289 Å². The van der Waals surface area contributed by atoms with Crippen LogP contribution in [0.5, 0.6) is 11.5 Å². The normalized spacial score (nSPS) is 12.3. The average molecular weight is 673 g/mol. The molecule has 8 heteroatoms. The van der Waals surface area contributed by atoms with Gasteiger partial charge in [0.1, 0.15) is 11.5 Å². The van der Waals surface area contributed by atoms with Gasteiger partial charge in [-0.15, -0.1) is 0 Å². The molecule has 0 saturated heterocycles. The maximum absolute atomic E-state index is 12.4. The highest BCUT2D eigenvalue weighted by atomic mass is 16.5. The summed E-state index contributed by atoms with van der Waals surface area (Å²) in [4.78, 5) is 24.9. The van der Waals surface area contributed by atoms with E-state index in [2.05, 4.69) is 83.1 Å². The van der Waals surface area contributed by atoms with Crippen LogP contribution < -0.4 is 0 Å². The number of phenols is 2. The van der Waals surface area contributed by atoms with Crippen molar-refractivity contribution in [1.29, 1.82) is 0 Å². The number of hydrogen-bond acceptors (Lipinski definition) is 8. The summed E-state index contributed by atoms with van der Waals surface area (Å²) in [5, 5.41) is 37.1. The maximum Gasteiger partial charge on any atom is 0.306 e. The molecule has 8 nitrogen and oxygen atoms in total. The van der Waals surface area contributed by atoms with Crippen molar-refractivity contribution in [3.05, 3.63) is 57.6 Å². The predicted octanol–water partition coefficient (Wildman–Crippen LogP) is 7.69. The molecule has 0 atom stereocenters. The van der Waals surface area contributed by atoms with Crippen molar-refractivity contribution in [3.63, 3.8) is 0 Å². The summed E-state index contributed by atoms with van der Waals surface area (Å²) in [6.45, 7) is 25.2. The van der Waals surface area contributed by atoms with Crippen molar-refractivity contribution < 1.29 is 39.5 Å². The highest BCUT2D eigenvalue weighted by Gasteiger charge is 2.28. The number of ether oxygens (including phenoxy) is 2. The molecule has 2 rings (SSSR count). The van der Waals surface area contributed by atoms with Crippen LogP contribution in [0.25, 0.3) is 0 Å². The van der Waals surface area contributed by atoms with Gasteiger partial charge in [0, 0.05) is 12.8 Å². The topological polar surface area (TPSA) is 134 Å². The lowest BCUT2D eigenvalue weighted by atomic mass is 9.78. The third-order valence-electron chi connectivity index (χ3n) is 7.97. The molecule has 0 amide bonds. The van der Waals surface area contributed by atoms with Gasteiger partial charge >= 0.3 is 11.9 Å². The first-order valence-electron chi connectivity index (χ1n) is 17.2. The fraction of sp³-hybridized carbons (Fsp3) is 0.650. The molecule has 0 aliphatic carbocycles. The van der Waals surface area contributed by atoms with Gasteiger partial charge in [0.2, 0.25) is 0 Å². The van der Waals surface area contributed by atoms with Gasteiger partial charge in [0.25, 0.3) is 0 Å². The Morgan fingerprint density at radius 2 is 0.771 bits per heavy atom. The first-order chi connectivity index (χ1) is 21.9. The van der Waals surface area contributed by atoms with Gasteiger partial charge in [-0.1, -0.05) is 107 Å². The van der Waals surface area contributed by atoms with E-state index in [4.69, 9.17) is 19.7 Å². The van der Waals surface area contributed by atoms with E-state index in [1.165, 1.54) is 0 Å². The summed E-state index contributed by atoms with van der Waals surface area (Å²) >= 11 is 0. The highest BCUT2D eigenvalue weighted by Crippen LogP contribution is 2.41. The van der Waals surface area contributed by atoms with E-state index in [-0.39, 0.29) is 72.9 Å². The summed E-state index contributed by atoms with van der Waals surface area (Å²) in [6, 6.07) is 8.00. The number of aromatic hydroxyl groups is 2. The third-order valence-corrected chi connectivity index (χ3v) is 7.97. The number of esters is 2. The smallest absolute Gasteiger partial charge is 0.306 e. The Bertz CT molecular complexity index is 1160. The number of aliphatic hydroxyl groups is 2. The number of phenolic OH excluding ortho intramolecular Hbond substituents is 2. The first kappa shape index (κ1) is 42.9. The number of hydrogen-bond donors (Lipinski definition) is 4. The fourth-order valence-electron chi connectivity index (χ4n) is 5.18. The molecular weight excluding hydrogens is 608 g/mol. The van der Waals surface area contributed by atoms with Crippen molar-refractivity contribution in [2.45, 2.75) is 143 Å². The Morgan fingerprint density at radius 3 is 0.979 bits per heavy atom. The highest BCUT2D eigenvalue weighted by molar-refractivity contribution is 5.70. The van der Waals surface area contributed by atoms with E-state index in [9.17, 15) is 19.8 Å². The van der Waals surface area contributed by atoms with Gasteiger partial charge in [-0.25, -0.2) is 0 Å². The van der Waals surface area contributed by atoms with Gasteiger partial charge in [0.15, 0.2) is 0 Å². The average Bonchev–Trinajstić information content (AvgIpc) is 2.95. The molecule has 4 N–H and O–H groups in total. The summed E-state index contributed by atoms with van der Waals surface area (Å²) in [5.41, 5.74) is 4.68. The summed E-state index contributed by atoms with van der Waals surface area (Å²) in [7, 11) is 0. The van der Waals surface area contributed by atoms with Crippen molar-refractivity contribution >= 4 is 11.9 Å². The van der Waals surface area contributed by atoms with Crippen LogP contribution in [0.2, 0.25) is 0 Å². The molecule has 48 heavy (non-hydrogen) atoms. The molecular formula is C40H64O8. The fourth-order valence-corrected chi connectivity index (χ4v) is 5.18. The second-order valence-electron chi connectivity index (χ2n) is 16.7. The Kier molecular flexibility index (Phi) is 16.1. The van der Waals surface area contributed by atoms with E-state index in [1.54, 1.807) is 0 Å². The minimum absolute atomic E-state index is 0.125. The lowest BCUT2D eigenvalue weighted by molar-refractivity contribution is -0.146. The van der Waals surface area contributed by atoms with E-state index in [0.717, 1.165) is 33.4 Å². The van der Waals surface area contributed by atoms with Crippen LogP contribution in [0.3, 0.4) is 0 Å². The predicted molar refractivity (Wildman–Crippen MR) is 193 cm³/mol. The number of carbonyl (C=O) groups excluding carboxylic acids is 2. The molecule has 2 aromatic rings. The minimum atomic E-state index is -0.261. The second-order valence-corrected chi connectivity index (χ2v) is 16.7. The number of benzene rings is 2. The van der Waals surface area contributed by atoms with Crippen LogP contribution in [-0.4, -0.2) is 58.8 Å². The zero-order valence-corrected chi connectivity index (χ0v) is 31.8. The molecule has 272 valence electrons. The Balaban J connectivity index is 0.00000272. The molecule has 0 aromatic heterocycles. The Hall–Kier alpha value is -3.10. The van der Waals surface area contributed by atoms with Gasteiger partial charge in [0.05, 0.1) is 26.4 Å². The summed E-state index contributed by atoms with van der Waals surface area (Å²) < 4.78 is 10.9. The van der Waals surface area contributed by atoms with E-state index < -0.39 is 0 Å². The molecule has 0 aliphatic heterocycles. The zero-order valence-electron chi connectivity index (χ0n) is 31.8. The molecule has 2 aromatic carbocycles. The lowest BCUT2D eigenvalue weighted by Crippen LogP contribution is -2.18. The molecule has 0 unspecified atom stereocenters. The van der Waals surface area contributed by atoms with Crippen molar-refractivity contribution in [2.75, 3.05) is 26.4 Å². The van der Waals surface area contributed by atoms with Crippen LogP contribution in [0, 0.1) is 0 Å². The second kappa shape index (κ2) is 18.1. The van der Waals surface area contributed by atoms with E-state index in [0.29, 0.717) is 37.2 Å². The summed E-state index contributed by atoms with van der Waals surface area (Å²) in [6.07, 6.45) is 2.83. The summed E-state index contributed by atoms with van der Waals surface area (Å²) in [5.74, 6) is 0.147. The van der Waals surface area contributed by atoms with Crippen molar-refractivity contribution in [3.8, 4) is 11.5 Å². The SMILES string of the molecule is CC(C)(C)c1cc(CCC(=O)OCCCCOC(=O)CCc2cc(C(C)(C)C)c(O)c(C(C)(C)C)c2)cc(C(C)(C)C)c1O.OCCO. The van der Waals surface area contributed by atoms with Crippen molar-refractivity contribution in [1.82, 2.24) is 0 Å². The first-order valence-corrected chi connectivity index (χ1v) is 17.2. The monoisotopic (exact) mass is 672 g/mol. The molecule has 0 bridgehead atoms. The minimum Gasteiger partial charge on any atom is -0.507 e. The van der Waals surface area contributed by atoms with Crippen LogP contribution in [-0.2, 0) is 53.6 Å². The van der Waals surface area contributed by atoms with Gasteiger partial charge < -0.3 is 29.9 Å². The maximum atomic E-state index is 12.4. The van der Waals surface area contributed by atoms with E-state index in [1.807, 2.05) is 24.3 Å². The number of unbranched alkanes of at least 4 members (excludes halogenated alkanes) is 1. The molecule has 0 radical (unpaired) electrons. The number of rotatable bonds is 12. The molecule has 0 fully saturated rings.